The first-order valence-corrected chi connectivity index (χ1v) is 12.6. The Bertz CT molecular complexity index is 1240. The summed E-state index contributed by atoms with van der Waals surface area (Å²) in [5, 5.41) is 21.9. The fourth-order valence-electron chi connectivity index (χ4n) is 5.29. The molecule has 0 spiro atoms. The van der Waals surface area contributed by atoms with Crippen molar-refractivity contribution in [2.75, 3.05) is 6.61 Å². The maximum absolute atomic E-state index is 12.5. The second-order valence-corrected chi connectivity index (χ2v) is 10.2. The lowest BCUT2D eigenvalue weighted by molar-refractivity contribution is -0.142. The number of phenols is 1. The molecule has 1 unspecified atom stereocenters. The Balaban J connectivity index is 1.48. The highest BCUT2D eigenvalue weighted by molar-refractivity contribution is 6.44. The van der Waals surface area contributed by atoms with Crippen molar-refractivity contribution in [3.05, 3.63) is 63.1 Å². The van der Waals surface area contributed by atoms with Crippen molar-refractivity contribution in [1.82, 2.24) is 5.32 Å². The maximum atomic E-state index is 12.5. The summed E-state index contributed by atoms with van der Waals surface area (Å²) >= 11 is 13.2. The van der Waals surface area contributed by atoms with Gasteiger partial charge in [0.25, 0.3) is 5.91 Å². The van der Waals surface area contributed by atoms with Crippen LogP contribution in [0.15, 0.2) is 36.4 Å². The molecular formula is C27H27Cl2NO6. The number of halogens is 2. The number of Topliss-reactive ketones (excluding diaryl/α,β-unsaturated/α-hetero) is 1. The van der Waals surface area contributed by atoms with Gasteiger partial charge in [0, 0.05) is 30.2 Å². The molecule has 0 saturated carbocycles. The smallest absolute Gasteiger partial charge is 0.326 e. The molecular weight excluding hydrogens is 505 g/mol. The van der Waals surface area contributed by atoms with Crippen molar-refractivity contribution in [3.63, 3.8) is 0 Å². The Morgan fingerprint density at radius 2 is 1.89 bits per heavy atom. The summed E-state index contributed by atoms with van der Waals surface area (Å²) in [6, 6.07) is 6.67. The van der Waals surface area contributed by atoms with E-state index in [0.29, 0.717) is 29.8 Å². The molecule has 1 amide bonds. The van der Waals surface area contributed by atoms with Gasteiger partial charge in [0.15, 0.2) is 6.61 Å². The largest absolute Gasteiger partial charge is 0.508 e. The minimum absolute atomic E-state index is 0.0418. The van der Waals surface area contributed by atoms with Gasteiger partial charge in [-0.25, -0.2) is 4.79 Å². The number of rotatable bonds is 9. The number of carboxylic acid groups (broad SMARTS) is 1. The predicted molar refractivity (Wildman–Crippen MR) is 137 cm³/mol. The van der Waals surface area contributed by atoms with E-state index in [0.717, 1.165) is 29.5 Å². The molecule has 9 heteroatoms. The molecule has 0 heterocycles. The standard InChI is InChI=1S/C27H27Cl2NO6/c1-2-9-27-12-16-11-21(24(28)25(29)23(16)19(27)8-7-18(32)13-27)36-14-22(33)30-20(26(34)35)10-15-3-5-17(31)6-4-15/h3-6,8,11,20,31H,2,7,9-10,12-14H2,1H3,(H,30,33)(H,34,35)/t20-,27?/m0/s1. The molecule has 190 valence electrons. The number of allylic oxidation sites excluding steroid dienone is 2. The number of carbonyl (C=O) groups is 3. The zero-order chi connectivity index (χ0) is 26.0. The Morgan fingerprint density at radius 3 is 2.56 bits per heavy atom. The Kier molecular flexibility index (Phi) is 7.62. The van der Waals surface area contributed by atoms with Gasteiger partial charge < -0.3 is 20.3 Å². The lowest BCUT2D eigenvalue weighted by atomic mass is 9.70. The second kappa shape index (κ2) is 10.5. The molecule has 7 nitrogen and oxygen atoms in total. The molecule has 2 aromatic rings. The van der Waals surface area contributed by atoms with E-state index in [1.807, 2.05) is 6.08 Å². The van der Waals surface area contributed by atoms with Gasteiger partial charge in [-0.3, -0.25) is 9.59 Å². The molecule has 0 aliphatic heterocycles. The Labute approximate surface area is 219 Å². The van der Waals surface area contributed by atoms with E-state index in [1.54, 1.807) is 18.2 Å². The number of carbonyl (C=O) groups excluding carboxylic acids is 2. The van der Waals surface area contributed by atoms with Crippen LogP contribution >= 0.6 is 23.2 Å². The van der Waals surface area contributed by atoms with Crippen LogP contribution in [0.3, 0.4) is 0 Å². The first kappa shape index (κ1) is 26.0. The molecule has 2 aliphatic carbocycles. The van der Waals surface area contributed by atoms with E-state index in [4.69, 9.17) is 27.9 Å². The highest BCUT2D eigenvalue weighted by atomic mass is 35.5. The normalized spacial score (nSPS) is 19.2. The molecule has 2 aliphatic rings. The van der Waals surface area contributed by atoms with E-state index in [1.165, 1.54) is 12.1 Å². The third kappa shape index (κ3) is 5.22. The zero-order valence-electron chi connectivity index (χ0n) is 19.8. The van der Waals surface area contributed by atoms with Crippen molar-refractivity contribution < 1.29 is 29.3 Å². The fourth-order valence-corrected chi connectivity index (χ4v) is 5.81. The average molecular weight is 532 g/mol. The topological polar surface area (TPSA) is 113 Å². The minimum Gasteiger partial charge on any atom is -0.508 e. The van der Waals surface area contributed by atoms with Crippen molar-refractivity contribution in [2.24, 2.45) is 5.41 Å². The van der Waals surface area contributed by atoms with Crippen molar-refractivity contribution in [1.29, 1.82) is 0 Å². The van der Waals surface area contributed by atoms with Gasteiger partial charge in [-0.2, -0.15) is 0 Å². The lowest BCUT2D eigenvalue weighted by Gasteiger charge is -2.33. The summed E-state index contributed by atoms with van der Waals surface area (Å²) in [7, 11) is 0. The number of hydrogen-bond acceptors (Lipinski definition) is 5. The number of ketones is 1. The molecule has 0 saturated heterocycles. The third-order valence-electron chi connectivity index (χ3n) is 6.79. The summed E-state index contributed by atoms with van der Waals surface area (Å²) in [4.78, 5) is 36.5. The highest BCUT2D eigenvalue weighted by Crippen LogP contribution is 2.58. The molecule has 0 aromatic heterocycles. The van der Waals surface area contributed by atoms with Gasteiger partial charge in [0.05, 0.1) is 5.02 Å². The number of ether oxygens (including phenoxy) is 1. The van der Waals surface area contributed by atoms with Gasteiger partial charge in [0.1, 0.15) is 28.3 Å². The molecule has 36 heavy (non-hydrogen) atoms. The predicted octanol–water partition coefficient (Wildman–Crippen LogP) is 4.98. The van der Waals surface area contributed by atoms with E-state index in [2.05, 4.69) is 12.2 Å². The van der Waals surface area contributed by atoms with Crippen LogP contribution < -0.4 is 10.1 Å². The van der Waals surface area contributed by atoms with Crippen molar-refractivity contribution in [3.8, 4) is 11.5 Å². The first-order valence-electron chi connectivity index (χ1n) is 11.8. The van der Waals surface area contributed by atoms with Crippen molar-refractivity contribution >= 4 is 46.4 Å². The molecule has 4 rings (SSSR count). The van der Waals surface area contributed by atoms with Crippen LogP contribution in [0, 0.1) is 5.41 Å². The summed E-state index contributed by atoms with van der Waals surface area (Å²) in [5.41, 5.74) is 3.18. The molecule has 2 aromatic carbocycles. The van der Waals surface area contributed by atoms with Gasteiger partial charge in [-0.15, -0.1) is 0 Å². The van der Waals surface area contributed by atoms with Crippen LogP contribution in [0.4, 0.5) is 0 Å². The van der Waals surface area contributed by atoms with Crippen molar-refractivity contribution in [2.45, 2.75) is 51.5 Å². The van der Waals surface area contributed by atoms with Crippen LogP contribution in [-0.2, 0) is 27.2 Å². The molecule has 0 fully saturated rings. The number of aromatic hydroxyl groups is 1. The second-order valence-electron chi connectivity index (χ2n) is 9.40. The number of aliphatic carboxylic acids is 1. The number of amides is 1. The summed E-state index contributed by atoms with van der Waals surface area (Å²) in [6.45, 7) is 1.64. The summed E-state index contributed by atoms with van der Waals surface area (Å²) in [6.07, 6.45) is 5.25. The van der Waals surface area contributed by atoms with Gasteiger partial charge >= 0.3 is 5.97 Å². The average Bonchev–Trinajstić information content (AvgIpc) is 3.14. The number of phenolic OH excluding ortho intramolecular Hbond substituents is 1. The Morgan fingerprint density at radius 1 is 1.17 bits per heavy atom. The van der Waals surface area contributed by atoms with Crippen LogP contribution in [-0.4, -0.2) is 40.5 Å². The monoisotopic (exact) mass is 531 g/mol. The quantitative estimate of drug-likeness (QED) is 0.420. The maximum Gasteiger partial charge on any atom is 0.326 e. The molecule has 2 atom stereocenters. The fraction of sp³-hybridized carbons (Fsp3) is 0.370. The van der Waals surface area contributed by atoms with Gasteiger partial charge in [0.2, 0.25) is 0 Å². The van der Waals surface area contributed by atoms with Crippen LogP contribution in [0.5, 0.6) is 11.5 Å². The molecule has 3 N–H and O–H groups in total. The van der Waals surface area contributed by atoms with Gasteiger partial charge in [-0.05, 0) is 47.7 Å². The minimum atomic E-state index is -1.19. The van der Waals surface area contributed by atoms with E-state index < -0.39 is 24.5 Å². The SMILES string of the molecule is CCCC12CC(=O)CC=C1c1c(cc(OCC(=O)N[C@@H](Cc3ccc(O)cc3)C(=O)O)c(Cl)c1Cl)C2. The summed E-state index contributed by atoms with van der Waals surface area (Å²) in [5.74, 6) is -1.32. The van der Waals surface area contributed by atoms with E-state index >= 15 is 0 Å². The summed E-state index contributed by atoms with van der Waals surface area (Å²) < 4.78 is 5.68. The number of hydrogen-bond donors (Lipinski definition) is 3. The van der Waals surface area contributed by atoms with Gasteiger partial charge in [-0.1, -0.05) is 54.8 Å². The van der Waals surface area contributed by atoms with Crippen LogP contribution in [0.2, 0.25) is 10.0 Å². The number of nitrogens with one attached hydrogen (secondary N) is 1. The van der Waals surface area contributed by atoms with E-state index in [9.17, 15) is 24.6 Å². The van der Waals surface area contributed by atoms with Crippen LogP contribution in [0.1, 0.15) is 49.3 Å². The van der Waals surface area contributed by atoms with E-state index in [-0.39, 0.29) is 34.1 Å². The first-order chi connectivity index (χ1) is 17.1. The zero-order valence-corrected chi connectivity index (χ0v) is 21.3. The third-order valence-corrected chi connectivity index (χ3v) is 7.64. The highest BCUT2D eigenvalue weighted by Gasteiger charge is 2.46. The number of carboxylic acids is 1. The Hall–Kier alpha value is -3.03. The lowest BCUT2D eigenvalue weighted by Crippen LogP contribution is -2.44. The molecule has 0 radical (unpaired) electrons. The van der Waals surface area contributed by atoms with Crippen LogP contribution in [0.25, 0.3) is 5.57 Å². The number of fused-ring (bicyclic) bond motifs is 3. The number of benzene rings is 2. The molecule has 0 bridgehead atoms.